The van der Waals surface area contributed by atoms with Crippen molar-refractivity contribution < 1.29 is 48.5 Å². The van der Waals surface area contributed by atoms with Gasteiger partial charge in [0.1, 0.15) is 12.1 Å². The second-order valence-corrected chi connectivity index (χ2v) is 12.3. The molecule has 0 bridgehead atoms. The molecule has 55 heavy (non-hydrogen) atoms. The molecule has 3 aromatic rings. The topological polar surface area (TPSA) is 333 Å². The van der Waals surface area contributed by atoms with Gasteiger partial charge in [0.25, 0.3) is 5.56 Å². The van der Waals surface area contributed by atoms with Crippen molar-refractivity contribution >= 4 is 70.9 Å². The average Bonchev–Trinajstić information content (AvgIpc) is 3.15. The van der Waals surface area contributed by atoms with E-state index in [0.717, 1.165) is 0 Å². The predicted octanol–water partition coefficient (Wildman–Crippen LogP) is -1.56. The normalized spacial score (nSPS) is 12.6. The largest absolute Gasteiger partial charge is 0.481 e. The zero-order valence-electron chi connectivity index (χ0n) is 29.6. The van der Waals surface area contributed by atoms with E-state index in [4.69, 9.17) is 26.0 Å². The van der Waals surface area contributed by atoms with Gasteiger partial charge in [-0.25, -0.2) is 14.8 Å². The highest BCUT2D eigenvalue weighted by Gasteiger charge is 2.24. The van der Waals surface area contributed by atoms with Crippen LogP contribution in [0.1, 0.15) is 41.7 Å². The molecular weight excluding hydrogens is 744 g/mol. The van der Waals surface area contributed by atoms with Crippen LogP contribution in [0.5, 0.6) is 0 Å². The van der Waals surface area contributed by atoms with Gasteiger partial charge in [0.15, 0.2) is 16.9 Å². The number of Topliss-reactive ketones (excluding diaryl/α,β-unsaturated/α-hetero) is 1. The van der Waals surface area contributed by atoms with Crippen LogP contribution in [0.25, 0.3) is 11.2 Å². The number of hydrogen-bond acceptors (Lipinski definition) is 16. The minimum atomic E-state index is -1.24. The van der Waals surface area contributed by atoms with E-state index < -0.39 is 59.0 Å². The quantitative estimate of drug-likeness (QED) is 0.0264. The number of carbonyl (C=O) groups is 6. The van der Waals surface area contributed by atoms with Crippen molar-refractivity contribution in [2.45, 2.75) is 44.3 Å². The van der Waals surface area contributed by atoms with Gasteiger partial charge in [-0.2, -0.15) is 17.6 Å². The van der Waals surface area contributed by atoms with Gasteiger partial charge >= 0.3 is 11.9 Å². The number of carbonyl (C=O) groups excluding carboxylic acids is 4. The number of anilines is 2. The maximum Gasteiger partial charge on any atom is 0.327 e. The summed E-state index contributed by atoms with van der Waals surface area (Å²) in [4.78, 5) is 98.7. The van der Waals surface area contributed by atoms with Crippen molar-refractivity contribution in [3.05, 3.63) is 52.1 Å². The number of carboxylic acid groups (broad SMARTS) is 2. The molecule has 3 rings (SSSR count). The second kappa shape index (κ2) is 22.5. The highest BCUT2D eigenvalue weighted by Crippen LogP contribution is 2.18. The highest BCUT2D eigenvalue weighted by atomic mass is 32.1. The molecule has 0 radical (unpaired) electrons. The Morgan fingerprint density at radius 3 is 2.29 bits per heavy atom. The minimum Gasteiger partial charge on any atom is -0.481 e. The smallest absolute Gasteiger partial charge is 0.327 e. The van der Waals surface area contributed by atoms with Crippen LogP contribution in [0.2, 0.25) is 0 Å². The van der Waals surface area contributed by atoms with Crippen molar-refractivity contribution in [2.24, 2.45) is 11.7 Å². The molecule has 2 heterocycles. The summed E-state index contributed by atoms with van der Waals surface area (Å²) >= 11 is 3.86. The Labute approximate surface area is 319 Å². The monoisotopic (exact) mass is 788 g/mol. The van der Waals surface area contributed by atoms with Crippen molar-refractivity contribution in [3.8, 4) is 0 Å². The van der Waals surface area contributed by atoms with Crippen LogP contribution in [0.15, 0.2) is 35.3 Å². The SMILES string of the molecule is Nc1nc2ncc(CNc3ccc(C(=O)C[C@H](CCC(=O)NC[C@@H](N)C(=O)NCCOCCOCCC(=O)N[C@H](CS)C(=O)O)C(=O)O)cc3)nc2c(=O)[nH]1. The van der Waals surface area contributed by atoms with Crippen LogP contribution in [0.3, 0.4) is 0 Å². The van der Waals surface area contributed by atoms with Crippen LogP contribution in [-0.2, 0) is 40.0 Å². The molecule has 11 N–H and O–H groups in total. The molecule has 0 fully saturated rings. The molecule has 21 nitrogen and oxygen atoms in total. The third-order valence-corrected chi connectivity index (χ3v) is 8.10. The third kappa shape index (κ3) is 15.3. The third-order valence-electron chi connectivity index (χ3n) is 7.73. The summed E-state index contributed by atoms with van der Waals surface area (Å²) in [6.07, 6.45) is 0.732. The first-order valence-corrected chi connectivity index (χ1v) is 17.6. The molecule has 3 atom stereocenters. The zero-order chi connectivity index (χ0) is 40.3. The number of amides is 3. The van der Waals surface area contributed by atoms with Crippen molar-refractivity contribution in [1.82, 2.24) is 35.9 Å². The predicted molar refractivity (Wildman–Crippen MR) is 199 cm³/mol. The molecule has 3 amide bonds. The number of aromatic nitrogens is 4. The fourth-order valence-electron chi connectivity index (χ4n) is 4.70. The molecule has 2 aromatic heterocycles. The Balaban J connectivity index is 1.29. The Hall–Kier alpha value is -5.71. The number of nitrogens with zero attached hydrogens (tertiary/aromatic N) is 3. The standard InChI is InChI=1S/C33H44N10O11S/c34-22(29(47)36-8-10-54-12-11-53-9-7-26(46)41-23(17-55)32(51)52)16-38-25(45)6-3-19(31(49)50)13-24(44)18-1-4-20(5-2-18)37-14-21-15-39-28-27(40-21)30(48)43-33(35)42-28/h1-2,4-5,15,19,22-23,37,55H,3,6-14,16-17,34H2,(H,36,47)(H,38,45)(H,41,46)(H,49,50)(H,51,52)(H3,35,39,42,43,48)/t19-,22+,23+/m0/s1. The minimum absolute atomic E-state index is 0.0359. The summed E-state index contributed by atoms with van der Waals surface area (Å²) in [6.45, 7) is 0.645. The van der Waals surface area contributed by atoms with Crippen LogP contribution in [-0.4, -0.2) is 123 Å². The molecule has 22 heteroatoms. The van der Waals surface area contributed by atoms with Gasteiger partial charge in [-0.1, -0.05) is 0 Å². The van der Waals surface area contributed by atoms with E-state index in [2.05, 4.69) is 53.8 Å². The van der Waals surface area contributed by atoms with Gasteiger partial charge in [-0.05, 0) is 30.7 Å². The molecule has 0 aliphatic carbocycles. The van der Waals surface area contributed by atoms with Gasteiger partial charge in [0.2, 0.25) is 23.7 Å². The number of rotatable bonds is 25. The number of hydrogen-bond donors (Lipinski definition) is 10. The summed E-state index contributed by atoms with van der Waals surface area (Å²) in [6, 6.07) is 4.16. The Kier molecular flexibility index (Phi) is 17.9. The van der Waals surface area contributed by atoms with Crippen molar-refractivity contribution in [1.29, 1.82) is 0 Å². The Morgan fingerprint density at radius 1 is 0.909 bits per heavy atom. The first-order chi connectivity index (χ1) is 26.3. The highest BCUT2D eigenvalue weighted by molar-refractivity contribution is 7.80. The lowest BCUT2D eigenvalue weighted by Crippen LogP contribution is -2.48. The summed E-state index contributed by atoms with van der Waals surface area (Å²) in [5.74, 6) is -5.66. The van der Waals surface area contributed by atoms with Gasteiger partial charge < -0.3 is 52.4 Å². The number of nitrogen functional groups attached to an aromatic ring is 1. The number of ketones is 1. The fraction of sp³-hybridized carbons (Fsp3) is 0.455. The molecule has 0 saturated heterocycles. The summed E-state index contributed by atoms with van der Waals surface area (Å²) in [5.41, 5.74) is 12.3. The number of thiol groups is 1. The number of aliphatic carboxylic acids is 2. The number of nitrogens with one attached hydrogen (secondary N) is 5. The summed E-state index contributed by atoms with van der Waals surface area (Å²) in [7, 11) is 0. The molecule has 298 valence electrons. The van der Waals surface area contributed by atoms with Gasteiger partial charge in [0.05, 0.1) is 50.8 Å². The number of aromatic amines is 1. The molecule has 1 aromatic carbocycles. The van der Waals surface area contributed by atoms with E-state index in [1.807, 2.05) is 0 Å². The van der Waals surface area contributed by atoms with Crippen molar-refractivity contribution in [3.63, 3.8) is 0 Å². The lowest BCUT2D eigenvalue weighted by molar-refractivity contribution is -0.142. The van der Waals surface area contributed by atoms with E-state index in [-0.39, 0.29) is 100 Å². The van der Waals surface area contributed by atoms with Crippen LogP contribution >= 0.6 is 12.6 Å². The number of carboxylic acids is 2. The number of H-pyrrole nitrogens is 1. The van der Waals surface area contributed by atoms with E-state index in [1.165, 1.54) is 18.3 Å². The number of fused-ring (bicyclic) bond motifs is 1. The molecule has 0 spiro atoms. The van der Waals surface area contributed by atoms with Gasteiger partial charge in [-0.15, -0.1) is 0 Å². The van der Waals surface area contributed by atoms with Crippen molar-refractivity contribution in [2.75, 3.05) is 56.3 Å². The number of nitrogens with two attached hydrogens (primary N) is 2. The van der Waals surface area contributed by atoms with E-state index in [0.29, 0.717) is 11.4 Å². The second-order valence-electron chi connectivity index (χ2n) is 11.9. The van der Waals surface area contributed by atoms with Crippen LogP contribution in [0.4, 0.5) is 11.6 Å². The molecule has 0 saturated carbocycles. The van der Waals surface area contributed by atoms with Crippen LogP contribution < -0.4 is 38.3 Å². The molecular formula is C33H44N10O11S. The van der Waals surface area contributed by atoms with E-state index in [9.17, 15) is 38.7 Å². The molecule has 0 unspecified atom stereocenters. The summed E-state index contributed by atoms with van der Waals surface area (Å²) in [5, 5.41) is 29.0. The fourth-order valence-corrected chi connectivity index (χ4v) is 4.95. The van der Waals surface area contributed by atoms with E-state index in [1.54, 1.807) is 12.1 Å². The maximum absolute atomic E-state index is 12.9. The molecule has 0 aliphatic heterocycles. The zero-order valence-corrected chi connectivity index (χ0v) is 30.5. The maximum atomic E-state index is 12.9. The first kappa shape index (κ1) is 43.7. The van der Waals surface area contributed by atoms with Gasteiger partial charge in [-0.3, -0.25) is 33.8 Å². The van der Waals surface area contributed by atoms with E-state index >= 15 is 0 Å². The molecule has 0 aliphatic rings. The van der Waals surface area contributed by atoms with Crippen LogP contribution in [0, 0.1) is 5.92 Å². The Bertz CT molecular complexity index is 1860. The lowest BCUT2D eigenvalue weighted by atomic mass is 9.94. The lowest BCUT2D eigenvalue weighted by Gasteiger charge is -2.15. The number of ether oxygens (including phenoxy) is 2. The summed E-state index contributed by atoms with van der Waals surface area (Å²) < 4.78 is 10.6. The number of benzene rings is 1. The average molecular weight is 789 g/mol. The Morgan fingerprint density at radius 2 is 1.62 bits per heavy atom. The van der Waals surface area contributed by atoms with Gasteiger partial charge in [0, 0.05) is 49.4 Å². The first-order valence-electron chi connectivity index (χ1n) is 17.0.